The molecule has 1 unspecified atom stereocenters. The summed E-state index contributed by atoms with van der Waals surface area (Å²) < 4.78 is 5.42. The van der Waals surface area contributed by atoms with Crippen LogP contribution in [0.15, 0.2) is 53.4 Å². The molecule has 29 heavy (non-hydrogen) atoms. The molecule has 0 aromatic heterocycles. The van der Waals surface area contributed by atoms with Crippen molar-refractivity contribution in [2.75, 3.05) is 46.2 Å². The predicted octanol–water partition coefficient (Wildman–Crippen LogP) is 0.155. The van der Waals surface area contributed by atoms with E-state index in [1.54, 1.807) is 16.7 Å². The molecule has 1 aliphatic rings. The van der Waals surface area contributed by atoms with Gasteiger partial charge in [0.15, 0.2) is 6.54 Å². The first-order chi connectivity index (χ1) is 14.1. The number of morpholine rings is 1. The van der Waals surface area contributed by atoms with Crippen LogP contribution in [0.5, 0.6) is 0 Å². The van der Waals surface area contributed by atoms with E-state index in [4.69, 9.17) is 4.74 Å². The summed E-state index contributed by atoms with van der Waals surface area (Å²) in [5.41, 5.74) is 3.74. The number of benzene rings is 2. The third-order valence-corrected chi connectivity index (χ3v) is 6.04. The van der Waals surface area contributed by atoms with Crippen LogP contribution >= 0.6 is 11.8 Å². The molecule has 1 saturated heterocycles. The molecule has 1 atom stereocenters. The van der Waals surface area contributed by atoms with Gasteiger partial charge in [0.1, 0.15) is 26.2 Å². The van der Waals surface area contributed by atoms with Gasteiger partial charge < -0.3 is 19.9 Å². The fraction of sp³-hybridized carbons (Fsp3) is 0.435. The Morgan fingerprint density at radius 3 is 2.31 bits per heavy atom. The van der Waals surface area contributed by atoms with Crippen LogP contribution in [0, 0.1) is 0 Å². The summed E-state index contributed by atoms with van der Waals surface area (Å²) in [4.78, 5) is 16.3. The van der Waals surface area contributed by atoms with Gasteiger partial charge in [-0.15, -0.1) is 11.8 Å². The highest BCUT2D eigenvalue weighted by Crippen LogP contribution is 2.14. The fourth-order valence-electron chi connectivity index (χ4n) is 3.59. The maximum Gasteiger partial charge on any atom is 0.275 e. The van der Waals surface area contributed by atoms with Crippen molar-refractivity contribution in [1.29, 1.82) is 0 Å². The topological polar surface area (TPSA) is 47.2 Å². The van der Waals surface area contributed by atoms with Crippen LogP contribution in [0.1, 0.15) is 16.7 Å². The summed E-state index contributed by atoms with van der Waals surface area (Å²) >= 11 is 1.74. The lowest BCUT2D eigenvalue weighted by atomic mass is 10.1. The maximum atomic E-state index is 12.3. The number of nitrogens with one attached hydrogen (secondary N) is 3. The molecule has 3 N–H and O–H groups in total. The Kier molecular flexibility index (Phi) is 8.55. The molecule has 0 aliphatic carbocycles. The lowest BCUT2D eigenvalue weighted by Crippen LogP contribution is -3.12. The standard InChI is InChI=1S/C23H31N3O2S/c1-25(16-20-7-9-22(29-2)10-8-20)18-23(27)24-15-19-3-5-21(6-4-19)17-26-11-13-28-14-12-26/h3-10H,11-18H2,1-2H3,(H,24,27)/p+2. The van der Waals surface area contributed by atoms with Crippen LogP contribution in [-0.4, -0.2) is 52.1 Å². The van der Waals surface area contributed by atoms with Gasteiger partial charge in [0.2, 0.25) is 0 Å². The summed E-state index contributed by atoms with van der Waals surface area (Å²) in [7, 11) is 2.06. The average molecular weight is 416 g/mol. The van der Waals surface area contributed by atoms with E-state index in [2.05, 4.69) is 67.2 Å². The Balaban J connectivity index is 1.38. The lowest BCUT2D eigenvalue weighted by Gasteiger charge is -2.23. The number of ether oxygens (including phenoxy) is 1. The zero-order chi connectivity index (χ0) is 20.5. The van der Waals surface area contributed by atoms with Crippen LogP contribution in [-0.2, 0) is 29.2 Å². The van der Waals surface area contributed by atoms with Crippen LogP contribution in [0.3, 0.4) is 0 Å². The van der Waals surface area contributed by atoms with Crippen molar-refractivity contribution in [3.8, 4) is 0 Å². The largest absolute Gasteiger partial charge is 0.370 e. The Labute approximate surface area is 178 Å². The van der Waals surface area contributed by atoms with Crippen LogP contribution < -0.4 is 15.1 Å². The number of quaternary nitrogens is 2. The second kappa shape index (κ2) is 11.4. The molecule has 0 radical (unpaired) electrons. The first-order valence-corrected chi connectivity index (χ1v) is 11.5. The van der Waals surface area contributed by atoms with Crippen LogP contribution in [0.2, 0.25) is 0 Å². The second-order valence-electron chi connectivity index (χ2n) is 7.79. The molecule has 6 heteroatoms. The number of hydrogen-bond donors (Lipinski definition) is 3. The minimum atomic E-state index is 0.0880. The third-order valence-electron chi connectivity index (χ3n) is 5.29. The molecule has 3 rings (SSSR count). The summed E-state index contributed by atoms with van der Waals surface area (Å²) in [5.74, 6) is 0.0880. The number of rotatable bonds is 9. The smallest absolute Gasteiger partial charge is 0.275 e. The predicted molar refractivity (Wildman–Crippen MR) is 117 cm³/mol. The fourth-order valence-corrected chi connectivity index (χ4v) is 4.00. The van der Waals surface area contributed by atoms with Gasteiger partial charge in [0.05, 0.1) is 20.3 Å². The van der Waals surface area contributed by atoms with Crippen molar-refractivity contribution in [3.05, 3.63) is 65.2 Å². The number of hydrogen-bond acceptors (Lipinski definition) is 3. The molecule has 0 bridgehead atoms. The van der Waals surface area contributed by atoms with Crippen molar-refractivity contribution in [2.45, 2.75) is 24.5 Å². The van der Waals surface area contributed by atoms with Gasteiger partial charge in [-0.2, -0.15) is 0 Å². The molecule has 0 spiro atoms. The number of thioether (sulfide) groups is 1. The van der Waals surface area contributed by atoms with Gasteiger partial charge in [0, 0.05) is 22.6 Å². The van der Waals surface area contributed by atoms with E-state index in [0.29, 0.717) is 13.1 Å². The molecular formula is C23H33N3O2S+2. The minimum absolute atomic E-state index is 0.0880. The van der Waals surface area contributed by atoms with Crippen molar-refractivity contribution in [3.63, 3.8) is 0 Å². The van der Waals surface area contributed by atoms with Gasteiger partial charge >= 0.3 is 0 Å². The molecule has 5 nitrogen and oxygen atoms in total. The summed E-state index contributed by atoms with van der Waals surface area (Å²) in [6.45, 7) is 6.83. The van der Waals surface area contributed by atoms with Crippen molar-refractivity contribution in [1.82, 2.24) is 5.32 Å². The molecule has 1 aliphatic heterocycles. The molecule has 156 valence electrons. The highest BCUT2D eigenvalue weighted by molar-refractivity contribution is 7.98. The molecule has 2 aromatic rings. The molecule has 0 saturated carbocycles. The summed E-state index contributed by atoms with van der Waals surface area (Å²) in [6, 6.07) is 17.2. The SMILES string of the molecule is CSc1ccc(C[NH+](C)CC(=O)NCc2ccc(C[NH+]3CCOCC3)cc2)cc1. The zero-order valence-corrected chi connectivity index (χ0v) is 18.3. The van der Waals surface area contributed by atoms with Crippen molar-refractivity contribution < 1.29 is 19.3 Å². The van der Waals surface area contributed by atoms with E-state index in [1.165, 1.54) is 20.9 Å². The van der Waals surface area contributed by atoms with E-state index < -0.39 is 0 Å². The number of carbonyl (C=O) groups is 1. The Morgan fingerprint density at radius 2 is 1.66 bits per heavy atom. The number of amides is 1. The highest BCUT2D eigenvalue weighted by atomic mass is 32.2. The lowest BCUT2D eigenvalue weighted by molar-refractivity contribution is -0.921. The third kappa shape index (κ3) is 7.48. The van der Waals surface area contributed by atoms with E-state index in [0.717, 1.165) is 45.0 Å². The van der Waals surface area contributed by atoms with Gasteiger partial charge in [-0.1, -0.05) is 36.4 Å². The van der Waals surface area contributed by atoms with E-state index >= 15 is 0 Å². The molecular weight excluding hydrogens is 382 g/mol. The summed E-state index contributed by atoms with van der Waals surface area (Å²) in [5, 5.41) is 3.05. The minimum Gasteiger partial charge on any atom is -0.370 e. The Bertz CT molecular complexity index is 759. The van der Waals surface area contributed by atoms with E-state index in [9.17, 15) is 4.79 Å². The molecule has 1 fully saturated rings. The quantitative estimate of drug-likeness (QED) is 0.511. The first kappa shape index (κ1) is 21.8. The molecule has 1 heterocycles. The molecule has 1 amide bonds. The molecule has 2 aromatic carbocycles. The van der Waals surface area contributed by atoms with Gasteiger partial charge in [0.25, 0.3) is 5.91 Å². The van der Waals surface area contributed by atoms with Crippen molar-refractivity contribution >= 4 is 17.7 Å². The number of likely N-dealkylation sites (N-methyl/N-ethyl adjacent to an activating group) is 1. The van der Waals surface area contributed by atoms with Gasteiger partial charge in [-0.3, -0.25) is 4.79 Å². The Hall–Kier alpha value is -1.86. The second-order valence-corrected chi connectivity index (χ2v) is 8.67. The average Bonchev–Trinajstić information content (AvgIpc) is 2.74. The van der Waals surface area contributed by atoms with Gasteiger partial charge in [-0.05, 0) is 24.0 Å². The van der Waals surface area contributed by atoms with Crippen LogP contribution in [0.25, 0.3) is 0 Å². The normalized spacial score (nSPS) is 15.8. The monoisotopic (exact) mass is 415 g/mol. The zero-order valence-electron chi connectivity index (χ0n) is 17.5. The number of carbonyl (C=O) groups excluding carboxylic acids is 1. The first-order valence-electron chi connectivity index (χ1n) is 10.3. The van der Waals surface area contributed by atoms with E-state index in [-0.39, 0.29) is 5.91 Å². The summed E-state index contributed by atoms with van der Waals surface area (Å²) in [6.07, 6.45) is 2.08. The van der Waals surface area contributed by atoms with E-state index in [1.807, 2.05) is 0 Å². The van der Waals surface area contributed by atoms with Crippen LogP contribution in [0.4, 0.5) is 0 Å². The maximum absolute atomic E-state index is 12.3. The highest BCUT2D eigenvalue weighted by Gasteiger charge is 2.14. The Morgan fingerprint density at radius 1 is 1.03 bits per heavy atom. The van der Waals surface area contributed by atoms with Crippen molar-refractivity contribution in [2.24, 2.45) is 0 Å². The van der Waals surface area contributed by atoms with Gasteiger partial charge in [-0.25, -0.2) is 0 Å².